The maximum absolute atomic E-state index is 5.84. The quantitative estimate of drug-likeness (QED) is 0.879. The van der Waals surface area contributed by atoms with E-state index in [1.165, 1.54) is 0 Å². The third-order valence-electron chi connectivity index (χ3n) is 3.68. The first-order valence-corrected chi connectivity index (χ1v) is 7.70. The molecule has 0 radical (unpaired) electrons. The maximum atomic E-state index is 5.84. The number of anilines is 1. The number of pyridine rings is 1. The summed E-state index contributed by atoms with van der Waals surface area (Å²) in [4.78, 5) is 10.9. The zero-order chi connectivity index (χ0) is 14.7. The number of morpholine rings is 1. The van der Waals surface area contributed by atoms with Crippen molar-refractivity contribution in [3.05, 3.63) is 42.7 Å². The largest absolute Gasteiger partial charge is 0.373 e. The molecule has 1 saturated heterocycles. The topological polar surface area (TPSA) is 43.2 Å². The Balaban J connectivity index is 1.65. The molecule has 3 heterocycles. The number of rotatable bonds is 4. The Morgan fingerprint density at radius 2 is 2.38 bits per heavy atom. The van der Waals surface area contributed by atoms with Gasteiger partial charge < -0.3 is 14.2 Å². The molecule has 6 heteroatoms. The Morgan fingerprint density at radius 3 is 3.05 bits per heavy atom. The number of thiol groups is 1. The summed E-state index contributed by atoms with van der Waals surface area (Å²) in [5, 5.41) is 0.165. The van der Waals surface area contributed by atoms with Gasteiger partial charge in [-0.3, -0.25) is 4.98 Å². The third-order valence-corrected chi connectivity index (χ3v) is 3.94. The third kappa shape index (κ3) is 3.57. The highest BCUT2D eigenvalue weighted by molar-refractivity contribution is 7.80. The Kier molecular flexibility index (Phi) is 4.45. The van der Waals surface area contributed by atoms with Crippen LogP contribution in [0.1, 0.15) is 17.9 Å². The lowest BCUT2D eigenvalue weighted by molar-refractivity contribution is 0.0296. The van der Waals surface area contributed by atoms with Gasteiger partial charge in [0.2, 0.25) is 0 Å². The molecule has 0 aliphatic carbocycles. The second-order valence-electron chi connectivity index (χ2n) is 5.32. The number of hydrogen-bond acceptors (Lipinski definition) is 5. The van der Waals surface area contributed by atoms with Gasteiger partial charge in [0, 0.05) is 30.7 Å². The van der Waals surface area contributed by atoms with Crippen LogP contribution in [-0.2, 0) is 11.3 Å². The van der Waals surface area contributed by atoms with E-state index in [1.54, 1.807) is 6.20 Å². The van der Waals surface area contributed by atoms with Gasteiger partial charge >= 0.3 is 0 Å². The van der Waals surface area contributed by atoms with Gasteiger partial charge in [-0.1, -0.05) is 0 Å². The molecule has 0 saturated carbocycles. The molecule has 2 aromatic rings. The van der Waals surface area contributed by atoms with Crippen LogP contribution in [0.2, 0.25) is 0 Å². The molecule has 112 valence electrons. The van der Waals surface area contributed by atoms with Gasteiger partial charge in [0.1, 0.15) is 0 Å². The molecule has 5 nitrogen and oxygen atoms in total. The molecule has 2 aromatic heterocycles. The zero-order valence-corrected chi connectivity index (χ0v) is 13.0. The fraction of sp³-hybridized carbons (Fsp3) is 0.467. The molecular weight excluding hydrogens is 284 g/mol. The number of nitrogens with zero attached hydrogens (tertiary/aromatic N) is 4. The zero-order valence-electron chi connectivity index (χ0n) is 12.1. The van der Waals surface area contributed by atoms with Crippen LogP contribution in [0.15, 0.2) is 37.1 Å². The van der Waals surface area contributed by atoms with Crippen molar-refractivity contribution in [3.8, 4) is 0 Å². The summed E-state index contributed by atoms with van der Waals surface area (Å²) in [6, 6.07) is 4.17. The van der Waals surface area contributed by atoms with Crippen LogP contribution in [-0.4, -0.2) is 40.3 Å². The molecular formula is C15H20N4OS. The van der Waals surface area contributed by atoms with Crippen molar-refractivity contribution in [2.45, 2.75) is 24.8 Å². The summed E-state index contributed by atoms with van der Waals surface area (Å²) in [6.07, 6.45) is 7.69. The molecule has 0 N–H and O–H groups in total. The first-order valence-electron chi connectivity index (χ1n) is 7.18. The Morgan fingerprint density at radius 1 is 1.48 bits per heavy atom. The molecule has 0 bridgehead atoms. The van der Waals surface area contributed by atoms with Gasteiger partial charge in [-0.05, 0) is 19.1 Å². The van der Waals surface area contributed by atoms with E-state index in [0.717, 1.165) is 37.6 Å². The van der Waals surface area contributed by atoms with E-state index in [0.29, 0.717) is 0 Å². The summed E-state index contributed by atoms with van der Waals surface area (Å²) < 4.78 is 7.90. The van der Waals surface area contributed by atoms with Gasteiger partial charge in [0.15, 0.2) is 0 Å². The summed E-state index contributed by atoms with van der Waals surface area (Å²) >= 11 is 4.41. The molecule has 1 aliphatic rings. The van der Waals surface area contributed by atoms with Crippen molar-refractivity contribution in [1.29, 1.82) is 0 Å². The van der Waals surface area contributed by atoms with Crippen LogP contribution < -0.4 is 4.90 Å². The van der Waals surface area contributed by atoms with E-state index in [1.807, 2.05) is 31.7 Å². The van der Waals surface area contributed by atoms with Crippen LogP contribution in [0.3, 0.4) is 0 Å². The second kappa shape index (κ2) is 6.49. The molecule has 2 atom stereocenters. The van der Waals surface area contributed by atoms with E-state index in [-0.39, 0.29) is 11.4 Å². The highest BCUT2D eigenvalue weighted by Gasteiger charge is 2.21. The second-order valence-corrected chi connectivity index (χ2v) is 6.09. The van der Waals surface area contributed by atoms with Crippen molar-refractivity contribution in [3.63, 3.8) is 0 Å². The predicted octanol–water partition coefficient (Wildman–Crippen LogP) is 2.17. The van der Waals surface area contributed by atoms with Crippen molar-refractivity contribution in [2.24, 2.45) is 0 Å². The smallest absolute Gasteiger partial charge is 0.0946 e. The average molecular weight is 304 g/mol. The Labute approximate surface area is 130 Å². The number of aromatic nitrogens is 3. The van der Waals surface area contributed by atoms with Crippen molar-refractivity contribution in [2.75, 3.05) is 24.6 Å². The molecule has 1 unspecified atom stereocenters. The SMILES string of the molecule is CC(S)c1ccc(N2CCO[C@H](Cn3ccnc3)C2)cn1. The number of ether oxygens (including phenoxy) is 1. The standard InChI is InChI=1S/C15H20N4OS/c1-12(21)15-3-2-13(8-17-15)19-6-7-20-14(10-19)9-18-5-4-16-11-18/h2-5,8,11-12,14,21H,6-7,9-10H2,1H3/t12?,14-/m1/s1. The van der Waals surface area contributed by atoms with E-state index in [4.69, 9.17) is 4.74 Å². The summed E-state index contributed by atoms with van der Waals surface area (Å²) in [5.74, 6) is 0. The molecule has 0 aromatic carbocycles. The van der Waals surface area contributed by atoms with E-state index < -0.39 is 0 Å². The summed E-state index contributed by atoms with van der Waals surface area (Å²) in [5.41, 5.74) is 2.15. The molecule has 1 fully saturated rings. The minimum atomic E-state index is 0.165. The maximum Gasteiger partial charge on any atom is 0.0946 e. The first kappa shape index (κ1) is 14.4. The van der Waals surface area contributed by atoms with E-state index in [2.05, 4.69) is 38.1 Å². The van der Waals surface area contributed by atoms with Crippen molar-refractivity contribution < 1.29 is 4.74 Å². The minimum Gasteiger partial charge on any atom is -0.373 e. The van der Waals surface area contributed by atoms with E-state index >= 15 is 0 Å². The summed E-state index contributed by atoms with van der Waals surface area (Å²) in [7, 11) is 0. The first-order chi connectivity index (χ1) is 10.2. The predicted molar refractivity (Wildman–Crippen MR) is 85.8 cm³/mol. The van der Waals surface area contributed by atoms with Crippen molar-refractivity contribution >= 4 is 18.3 Å². The molecule has 0 amide bonds. The lowest BCUT2D eigenvalue weighted by Crippen LogP contribution is -2.44. The Bertz CT molecular complexity index is 556. The van der Waals surface area contributed by atoms with Crippen LogP contribution >= 0.6 is 12.6 Å². The normalized spacial score (nSPS) is 20.5. The van der Waals surface area contributed by atoms with Crippen LogP contribution in [0.4, 0.5) is 5.69 Å². The highest BCUT2D eigenvalue weighted by atomic mass is 32.1. The molecule has 21 heavy (non-hydrogen) atoms. The minimum absolute atomic E-state index is 0.165. The average Bonchev–Trinajstić information content (AvgIpc) is 3.00. The lowest BCUT2D eigenvalue weighted by atomic mass is 10.2. The lowest BCUT2D eigenvalue weighted by Gasteiger charge is -2.34. The van der Waals surface area contributed by atoms with Gasteiger partial charge in [-0.25, -0.2) is 4.98 Å². The van der Waals surface area contributed by atoms with Crippen LogP contribution in [0.5, 0.6) is 0 Å². The van der Waals surface area contributed by atoms with E-state index in [9.17, 15) is 0 Å². The molecule has 1 aliphatic heterocycles. The molecule has 3 rings (SSSR count). The van der Waals surface area contributed by atoms with Gasteiger partial charge in [0.25, 0.3) is 0 Å². The monoisotopic (exact) mass is 304 g/mol. The van der Waals surface area contributed by atoms with Crippen LogP contribution in [0, 0.1) is 0 Å². The summed E-state index contributed by atoms with van der Waals surface area (Å²) in [6.45, 7) is 5.37. The fourth-order valence-corrected chi connectivity index (χ4v) is 2.68. The number of imidazole rings is 1. The molecule has 0 spiro atoms. The van der Waals surface area contributed by atoms with Crippen molar-refractivity contribution in [1.82, 2.24) is 14.5 Å². The number of hydrogen-bond donors (Lipinski definition) is 1. The van der Waals surface area contributed by atoms with Gasteiger partial charge in [-0.2, -0.15) is 12.6 Å². The highest BCUT2D eigenvalue weighted by Crippen LogP contribution is 2.21. The van der Waals surface area contributed by atoms with Gasteiger partial charge in [-0.15, -0.1) is 0 Å². The fourth-order valence-electron chi connectivity index (χ4n) is 2.53. The van der Waals surface area contributed by atoms with Gasteiger partial charge in [0.05, 0.1) is 43.2 Å². The Hall–Kier alpha value is -1.53. The van der Waals surface area contributed by atoms with Crippen LogP contribution in [0.25, 0.3) is 0 Å².